The van der Waals surface area contributed by atoms with Gasteiger partial charge in [-0.3, -0.25) is 19.6 Å². The lowest BCUT2D eigenvalue weighted by Crippen LogP contribution is -2.17. The lowest BCUT2D eigenvalue weighted by molar-refractivity contribution is -0.385. The number of nitrogens with zero attached hydrogens (tertiary/aromatic N) is 1. The average molecular weight is 391 g/mol. The summed E-state index contributed by atoms with van der Waals surface area (Å²) >= 11 is 0. The quantitative estimate of drug-likeness (QED) is 0.575. The predicted octanol–water partition coefficient (Wildman–Crippen LogP) is 3.67. The van der Waals surface area contributed by atoms with E-state index in [4.69, 9.17) is 0 Å². The summed E-state index contributed by atoms with van der Waals surface area (Å²) in [4.78, 5) is 21.9. The molecule has 0 radical (unpaired) electrons. The molecule has 0 bridgehead atoms. The van der Waals surface area contributed by atoms with Crippen molar-refractivity contribution in [3.05, 3.63) is 57.1 Å². The molecule has 0 unspecified atom stereocenters. The molecule has 0 aliphatic rings. The number of hydrogen-bond acceptors (Lipinski definition) is 5. The zero-order valence-electron chi connectivity index (χ0n) is 15.5. The molecule has 2 aromatic carbocycles. The SMILES string of the molecule is CCC(=O)Nc1cccc(NS(=O)(=O)c2cc([N+](=O)[O-])cc(C)c2C)c1C. The van der Waals surface area contributed by atoms with Gasteiger partial charge >= 0.3 is 0 Å². The van der Waals surface area contributed by atoms with E-state index in [-0.39, 0.29) is 22.2 Å². The lowest BCUT2D eigenvalue weighted by atomic mass is 10.1. The van der Waals surface area contributed by atoms with Gasteiger partial charge in [0.2, 0.25) is 5.91 Å². The lowest BCUT2D eigenvalue weighted by Gasteiger charge is -2.16. The summed E-state index contributed by atoms with van der Waals surface area (Å²) in [5.74, 6) is -0.191. The Kier molecular flexibility index (Phi) is 5.85. The van der Waals surface area contributed by atoms with Gasteiger partial charge in [-0.1, -0.05) is 13.0 Å². The number of sulfonamides is 1. The molecule has 144 valence electrons. The zero-order chi connectivity index (χ0) is 20.4. The van der Waals surface area contributed by atoms with Crippen LogP contribution in [0.4, 0.5) is 17.1 Å². The maximum Gasteiger partial charge on any atom is 0.271 e. The van der Waals surface area contributed by atoms with E-state index >= 15 is 0 Å². The fraction of sp³-hybridized carbons (Fsp3) is 0.278. The number of amides is 1. The molecule has 2 rings (SSSR count). The van der Waals surface area contributed by atoms with Crippen LogP contribution in [0.5, 0.6) is 0 Å². The van der Waals surface area contributed by atoms with E-state index in [9.17, 15) is 23.3 Å². The van der Waals surface area contributed by atoms with Gasteiger partial charge in [0.25, 0.3) is 15.7 Å². The molecule has 8 nitrogen and oxygen atoms in total. The van der Waals surface area contributed by atoms with Gasteiger partial charge in [-0.25, -0.2) is 8.42 Å². The minimum absolute atomic E-state index is 0.156. The molecule has 2 aromatic rings. The first kappa shape index (κ1) is 20.4. The van der Waals surface area contributed by atoms with E-state index in [1.807, 2.05) is 0 Å². The Labute approximate surface area is 157 Å². The highest BCUT2D eigenvalue weighted by Gasteiger charge is 2.23. The van der Waals surface area contributed by atoms with Crippen molar-refractivity contribution in [2.24, 2.45) is 0 Å². The summed E-state index contributed by atoms with van der Waals surface area (Å²) in [5.41, 5.74) is 1.97. The molecule has 0 fully saturated rings. The van der Waals surface area contributed by atoms with Gasteiger partial charge in [-0.2, -0.15) is 0 Å². The summed E-state index contributed by atoms with van der Waals surface area (Å²) in [6.45, 7) is 6.60. The Morgan fingerprint density at radius 3 is 2.33 bits per heavy atom. The number of carbonyl (C=O) groups excluding carboxylic acids is 1. The fourth-order valence-corrected chi connectivity index (χ4v) is 3.97. The molecule has 0 saturated carbocycles. The first-order chi connectivity index (χ1) is 12.6. The first-order valence-corrected chi connectivity index (χ1v) is 9.73. The van der Waals surface area contributed by atoms with Gasteiger partial charge in [0.05, 0.1) is 15.5 Å². The van der Waals surface area contributed by atoms with Crippen molar-refractivity contribution in [2.45, 2.75) is 39.0 Å². The standard InChI is InChI=1S/C18H21N3O5S/c1-5-18(22)19-15-7-6-8-16(13(15)4)20-27(25,26)17-10-14(21(23)24)9-11(2)12(17)3/h6-10,20H,5H2,1-4H3,(H,19,22). The van der Waals surface area contributed by atoms with Crippen molar-refractivity contribution in [1.82, 2.24) is 0 Å². The molecular formula is C18H21N3O5S. The molecule has 0 aliphatic carbocycles. The van der Waals surface area contributed by atoms with Gasteiger partial charge in [0.15, 0.2) is 0 Å². The Bertz CT molecular complexity index is 1020. The van der Waals surface area contributed by atoms with Crippen LogP contribution in [0.3, 0.4) is 0 Å². The molecule has 0 spiro atoms. The van der Waals surface area contributed by atoms with E-state index in [0.717, 1.165) is 6.07 Å². The highest BCUT2D eigenvalue weighted by Crippen LogP contribution is 2.29. The molecule has 0 atom stereocenters. The van der Waals surface area contributed by atoms with Gasteiger partial charge in [0.1, 0.15) is 0 Å². The van der Waals surface area contributed by atoms with E-state index in [2.05, 4.69) is 10.0 Å². The number of nitrogens with one attached hydrogen (secondary N) is 2. The largest absolute Gasteiger partial charge is 0.326 e. The van der Waals surface area contributed by atoms with Crippen molar-refractivity contribution in [3.8, 4) is 0 Å². The molecule has 9 heteroatoms. The number of non-ortho nitro benzene ring substituents is 1. The van der Waals surface area contributed by atoms with Gasteiger partial charge in [-0.15, -0.1) is 0 Å². The van der Waals surface area contributed by atoms with Crippen LogP contribution in [0.1, 0.15) is 30.0 Å². The molecular weight excluding hydrogens is 370 g/mol. The molecule has 0 heterocycles. The second kappa shape index (κ2) is 7.75. The van der Waals surface area contributed by atoms with Crippen LogP contribution in [0.15, 0.2) is 35.2 Å². The number of nitro groups is 1. The zero-order valence-corrected chi connectivity index (χ0v) is 16.3. The number of aryl methyl sites for hydroxylation is 1. The molecule has 27 heavy (non-hydrogen) atoms. The molecule has 0 aliphatic heterocycles. The summed E-state index contributed by atoms with van der Waals surface area (Å²) in [6, 6.07) is 7.22. The monoisotopic (exact) mass is 391 g/mol. The minimum atomic E-state index is -4.06. The van der Waals surface area contributed by atoms with Crippen LogP contribution in [0.2, 0.25) is 0 Å². The normalized spacial score (nSPS) is 11.1. The Balaban J connectivity index is 2.47. The van der Waals surface area contributed by atoms with Crippen molar-refractivity contribution in [3.63, 3.8) is 0 Å². The second-order valence-corrected chi connectivity index (χ2v) is 7.78. The molecule has 0 aromatic heterocycles. The maximum absolute atomic E-state index is 12.9. The Morgan fingerprint density at radius 2 is 1.74 bits per heavy atom. The van der Waals surface area contributed by atoms with E-state index in [0.29, 0.717) is 28.8 Å². The number of benzene rings is 2. The van der Waals surface area contributed by atoms with E-state index < -0.39 is 14.9 Å². The first-order valence-electron chi connectivity index (χ1n) is 8.24. The Morgan fingerprint density at radius 1 is 1.11 bits per heavy atom. The molecule has 0 saturated heterocycles. The number of hydrogen-bond donors (Lipinski definition) is 2. The van der Waals surface area contributed by atoms with Crippen LogP contribution in [0, 0.1) is 30.9 Å². The van der Waals surface area contributed by atoms with E-state index in [1.54, 1.807) is 45.9 Å². The second-order valence-electron chi connectivity index (χ2n) is 6.13. The van der Waals surface area contributed by atoms with Gasteiger partial charge < -0.3 is 5.32 Å². The van der Waals surface area contributed by atoms with Crippen molar-refractivity contribution in [2.75, 3.05) is 10.0 Å². The van der Waals surface area contributed by atoms with Crippen LogP contribution in [-0.2, 0) is 14.8 Å². The van der Waals surface area contributed by atoms with E-state index in [1.165, 1.54) is 6.07 Å². The molecule has 1 amide bonds. The van der Waals surface area contributed by atoms with Crippen LogP contribution >= 0.6 is 0 Å². The summed E-state index contributed by atoms with van der Waals surface area (Å²) < 4.78 is 28.2. The number of anilines is 2. The summed E-state index contributed by atoms with van der Waals surface area (Å²) in [7, 11) is -4.06. The minimum Gasteiger partial charge on any atom is -0.326 e. The third-order valence-corrected chi connectivity index (χ3v) is 5.77. The number of nitro benzene ring substituents is 1. The summed E-state index contributed by atoms with van der Waals surface area (Å²) in [6.07, 6.45) is 0.293. The fourth-order valence-electron chi connectivity index (χ4n) is 2.51. The van der Waals surface area contributed by atoms with Crippen molar-refractivity contribution >= 4 is 33.0 Å². The van der Waals surface area contributed by atoms with Crippen LogP contribution in [0.25, 0.3) is 0 Å². The number of rotatable bonds is 6. The van der Waals surface area contributed by atoms with Crippen LogP contribution < -0.4 is 10.0 Å². The topological polar surface area (TPSA) is 118 Å². The summed E-state index contributed by atoms with van der Waals surface area (Å²) in [5, 5.41) is 13.8. The Hall–Kier alpha value is -2.94. The average Bonchev–Trinajstić information content (AvgIpc) is 2.59. The van der Waals surface area contributed by atoms with Crippen molar-refractivity contribution in [1.29, 1.82) is 0 Å². The smallest absolute Gasteiger partial charge is 0.271 e. The predicted molar refractivity (Wildman–Crippen MR) is 103 cm³/mol. The molecule has 2 N–H and O–H groups in total. The van der Waals surface area contributed by atoms with Crippen molar-refractivity contribution < 1.29 is 18.1 Å². The number of carbonyl (C=O) groups is 1. The van der Waals surface area contributed by atoms with Crippen LogP contribution in [-0.4, -0.2) is 19.2 Å². The third kappa shape index (κ3) is 4.43. The van der Waals surface area contributed by atoms with Gasteiger partial charge in [-0.05, 0) is 49.6 Å². The highest BCUT2D eigenvalue weighted by molar-refractivity contribution is 7.92. The maximum atomic E-state index is 12.9. The highest BCUT2D eigenvalue weighted by atomic mass is 32.2. The van der Waals surface area contributed by atoms with Gasteiger partial charge in [0, 0.05) is 24.2 Å². The third-order valence-electron chi connectivity index (χ3n) is 4.28.